The highest BCUT2D eigenvalue weighted by Crippen LogP contribution is 2.66. The van der Waals surface area contributed by atoms with Gasteiger partial charge in [-0.1, -0.05) is 12.1 Å². The lowest BCUT2D eigenvalue weighted by atomic mass is 9.49. The summed E-state index contributed by atoms with van der Waals surface area (Å²) in [6.07, 6.45) is 7.80. The average Bonchev–Trinajstić information content (AvgIpc) is 3.84. The van der Waals surface area contributed by atoms with E-state index >= 15 is 0 Å². The van der Waals surface area contributed by atoms with Crippen molar-refractivity contribution in [3.05, 3.63) is 70.8 Å². The number of Topliss-reactive ketones (excluding diaryl/α,β-unsaturated/α-hetero) is 2. The minimum atomic E-state index is -0.940. The number of carbonyl (C=O) groups is 3. The summed E-state index contributed by atoms with van der Waals surface area (Å²) < 4.78 is 17.8. The molecule has 3 saturated carbocycles. The molecule has 12 heteroatoms. The molecule has 4 N–H and O–H groups in total. The number of benzene rings is 3. The number of aliphatic hydroxyl groups is 1. The maximum Gasteiger partial charge on any atom is 0.221 e. The molecular formula is C46H53N3O9. The highest BCUT2D eigenvalue weighted by atomic mass is 16.5. The molecule has 2 saturated heterocycles. The third-order valence-electron chi connectivity index (χ3n) is 15.3. The fourth-order valence-corrected chi connectivity index (χ4v) is 12.7. The first-order valence-electron chi connectivity index (χ1n) is 21.1. The van der Waals surface area contributed by atoms with E-state index in [9.17, 15) is 24.6 Å². The van der Waals surface area contributed by atoms with E-state index in [0.717, 1.165) is 80.3 Å². The number of phenolic OH excluding ortho intramolecular Hbond substituents is 2. The van der Waals surface area contributed by atoms with Crippen molar-refractivity contribution in [1.82, 2.24) is 9.80 Å². The first-order valence-corrected chi connectivity index (χ1v) is 21.1. The Balaban J connectivity index is 0.000000114. The van der Waals surface area contributed by atoms with Gasteiger partial charge in [0.25, 0.3) is 0 Å². The van der Waals surface area contributed by atoms with Gasteiger partial charge in [0.2, 0.25) is 5.91 Å². The summed E-state index contributed by atoms with van der Waals surface area (Å²) in [5.74, 6) is 3.93. The molecule has 2 spiro atoms. The number of rotatable bonds is 4. The van der Waals surface area contributed by atoms with Crippen LogP contribution in [0.4, 0.5) is 5.69 Å². The number of hydrogen-bond donors (Lipinski definition) is 4. The van der Waals surface area contributed by atoms with Crippen LogP contribution in [0.2, 0.25) is 0 Å². The minimum absolute atomic E-state index is 0.0454. The molecule has 58 heavy (non-hydrogen) atoms. The summed E-state index contributed by atoms with van der Waals surface area (Å²) in [4.78, 5) is 40.8. The summed E-state index contributed by atoms with van der Waals surface area (Å²) in [6.45, 7) is 4.44. The van der Waals surface area contributed by atoms with Gasteiger partial charge in [-0.2, -0.15) is 0 Å². The molecule has 12 rings (SSSR count). The van der Waals surface area contributed by atoms with E-state index in [1.807, 2.05) is 12.1 Å². The maximum absolute atomic E-state index is 12.7. The number of aromatic hydroxyl groups is 2. The Bertz CT molecular complexity index is 2210. The second-order valence-corrected chi connectivity index (χ2v) is 18.2. The molecule has 3 aromatic rings. The number of hydrogen-bond acceptors (Lipinski definition) is 11. The van der Waals surface area contributed by atoms with Crippen LogP contribution in [-0.4, -0.2) is 106 Å². The van der Waals surface area contributed by atoms with Crippen LogP contribution in [0.1, 0.15) is 80.5 Å². The molecule has 306 valence electrons. The lowest BCUT2D eigenvalue weighted by Crippen LogP contribution is -2.76. The Morgan fingerprint density at radius 2 is 1.59 bits per heavy atom. The normalized spacial score (nSPS) is 34.2. The van der Waals surface area contributed by atoms with Gasteiger partial charge in [-0.3, -0.25) is 19.3 Å². The number of ether oxygens (including phenoxy) is 3. The van der Waals surface area contributed by atoms with E-state index in [-0.39, 0.29) is 46.5 Å². The van der Waals surface area contributed by atoms with Crippen molar-refractivity contribution in [3.63, 3.8) is 0 Å². The topological polar surface area (TPSA) is 158 Å². The quantitative estimate of drug-likeness (QED) is 0.269. The molecule has 4 bridgehead atoms. The molecule has 12 nitrogen and oxygen atoms in total. The van der Waals surface area contributed by atoms with Crippen molar-refractivity contribution in [2.45, 2.75) is 112 Å². The average molecular weight is 792 g/mol. The van der Waals surface area contributed by atoms with Gasteiger partial charge >= 0.3 is 0 Å². The highest BCUT2D eigenvalue weighted by Gasteiger charge is 2.73. The number of carbonyl (C=O) groups excluding carboxylic acids is 3. The number of methoxy groups -OCH3 is 1. The Kier molecular flexibility index (Phi) is 8.71. The largest absolute Gasteiger partial charge is 0.508 e. The number of nitrogens with one attached hydrogen (secondary N) is 1. The maximum atomic E-state index is 12.7. The second-order valence-electron chi connectivity index (χ2n) is 18.2. The number of amides is 1. The Labute approximate surface area is 338 Å². The molecular weight excluding hydrogens is 739 g/mol. The predicted octanol–water partition coefficient (Wildman–Crippen LogP) is 4.81. The zero-order chi connectivity index (χ0) is 40.3. The van der Waals surface area contributed by atoms with Crippen LogP contribution in [0.5, 0.6) is 28.7 Å². The molecule has 0 aromatic heterocycles. The van der Waals surface area contributed by atoms with Crippen molar-refractivity contribution in [3.8, 4) is 28.7 Å². The van der Waals surface area contributed by atoms with Crippen LogP contribution in [0.15, 0.2) is 48.5 Å². The second kappa shape index (κ2) is 13.4. The van der Waals surface area contributed by atoms with E-state index in [0.29, 0.717) is 42.7 Å². The smallest absolute Gasteiger partial charge is 0.221 e. The first-order chi connectivity index (χ1) is 27.9. The van der Waals surface area contributed by atoms with E-state index < -0.39 is 17.1 Å². The molecule has 5 fully saturated rings. The van der Waals surface area contributed by atoms with Crippen molar-refractivity contribution in [2.75, 3.05) is 39.1 Å². The fraction of sp³-hybridized carbons (Fsp3) is 0.543. The number of likely N-dealkylation sites (tertiary alicyclic amines) is 2. The zero-order valence-electron chi connectivity index (χ0n) is 33.5. The standard InChI is InChI=1S/C20H23NO4.C18H21NO3.C8H9NO2/c22-13-4-3-12-9-15-20(24)6-5-14(23)18-19(20,16(12)17(13)25-18)7-8-21(15)10-11-1-2-11;1-19-8-7-18-11-4-5-13(20)17(18)22-16-14(21-2)6-3-10(15(16)18)9-12(11)19;1-6(10)9-7-2-4-8(11)5-3-7/h3-4,11,15,18,22,24H,1-2,5-10H2;3,6,11-12,17H,4-5,7-9H2,1-2H3;2-5,11H,1H3,(H,9,10)/t15-,18+,19+,20-;11-,12+,17-,18-;/m10./s1. The van der Waals surface area contributed by atoms with Gasteiger partial charge < -0.3 is 39.7 Å². The van der Waals surface area contributed by atoms with Gasteiger partial charge in [-0.15, -0.1) is 0 Å². The van der Waals surface area contributed by atoms with Gasteiger partial charge in [0.1, 0.15) is 5.75 Å². The number of ketones is 2. The van der Waals surface area contributed by atoms with E-state index in [1.165, 1.54) is 43.0 Å². The predicted molar refractivity (Wildman–Crippen MR) is 214 cm³/mol. The highest BCUT2D eigenvalue weighted by molar-refractivity contribution is 5.91. The number of anilines is 1. The third kappa shape index (κ3) is 5.33. The molecule has 1 amide bonds. The number of phenols is 2. The lowest BCUT2D eigenvalue weighted by Gasteiger charge is -2.62. The third-order valence-corrected chi connectivity index (χ3v) is 15.3. The number of piperidine rings is 2. The monoisotopic (exact) mass is 791 g/mol. The molecule has 9 aliphatic rings. The molecule has 5 aliphatic carbocycles. The summed E-state index contributed by atoms with van der Waals surface area (Å²) in [6, 6.07) is 14.7. The summed E-state index contributed by atoms with van der Waals surface area (Å²) in [5, 5.41) is 33.8. The van der Waals surface area contributed by atoms with Crippen LogP contribution >= 0.6 is 0 Å². The summed E-state index contributed by atoms with van der Waals surface area (Å²) in [5.41, 5.74) is 3.72. The zero-order valence-corrected chi connectivity index (χ0v) is 33.5. The Morgan fingerprint density at radius 3 is 2.33 bits per heavy atom. The number of likely N-dealkylation sites (N-methyl/N-ethyl adjacent to an activating group) is 1. The Morgan fingerprint density at radius 1 is 0.862 bits per heavy atom. The van der Waals surface area contributed by atoms with Crippen LogP contribution < -0.4 is 19.5 Å². The molecule has 4 heterocycles. The van der Waals surface area contributed by atoms with Gasteiger partial charge in [-0.05, 0) is 131 Å². The minimum Gasteiger partial charge on any atom is -0.508 e. The SMILES string of the molecule is CC(=O)Nc1ccc(O)cc1.COc1ccc2c3c1O[C@H]1C(=O)CC[C@H]4[C@@H](C2)N(C)CC[C@]314.O=C1CC[C@@]2(O)[C@H]3Cc4ccc(O)c5c4[C@@]2(CCN3CC2CC2)[C@H]1O5. The van der Waals surface area contributed by atoms with E-state index in [1.54, 1.807) is 25.3 Å². The van der Waals surface area contributed by atoms with Crippen molar-refractivity contribution < 1.29 is 43.9 Å². The van der Waals surface area contributed by atoms with Gasteiger partial charge in [0.05, 0.1) is 18.1 Å². The number of nitrogens with zero attached hydrogens (tertiary/aromatic N) is 2. The van der Waals surface area contributed by atoms with Crippen LogP contribution in [0, 0.1) is 11.8 Å². The van der Waals surface area contributed by atoms with Gasteiger partial charge in [0.15, 0.2) is 46.8 Å². The van der Waals surface area contributed by atoms with Crippen molar-refractivity contribution >= 4 is 23.2 Å². The summed E-state index contributed by atoms with van der Waals surface area (Å²) >= 11 is 0. The van der Waals surface area contributed by atoms with Crippen LogP contribution in [0.25, 0.3) is 0 Å². The first kappa shape index (κ1) is 37.6. The van der Waals surface area contributed by atoms with E-state index in [4.69, 9.17) is 19.3 Å². The fourth-order valence-electron chi connectivity index (χ4n) is 12.7. The van der Waals surface area contributed by atoms with Crippen molar-refractivity contribution in [2.24, 2.45) is 11.8 Å². The van der Waals surface area contributed by atoms with E-state index in [2.05, 4.69) is 28.2 Å². The van der Waals surface area contributed by atoms with Crippen molar-refractivity contribution in [1.29, 1.82) is 0 Å². The molecule has 0 radical (unpaired) electrons. The summed E-state index contributed by atoms with van der Waals surface area (Å²) in [7, 11) is 3.91. The Hall–Kier alpha value is -4.65. The molecule has 0 unspecified atom stereocenters. The van der Waals surface area contributed by atoms with Crippen LogP contribution in [-0.2, 0) is 38.1 Å². The molecule has 4 aliphatic heterocycles. The van der Waals surface area contributed by atoms with Gasteiger partial charge in [0, 0.05) is 60.6 Å². The molecule has 8 atom stereocenters. The van der Waals surface area contributed by atoms with Crippen LogP contribution in [0.3, 0.4) is 0 Å². The molecule has 3 aromatic carbocycles. The lowest BCUT2D eigenvalue weighted by molar-refractivity contribution is -0.188. The van der Waals surface area contributed by atoms with Gasteiger partial charge in [-0.25, -0.2) is 0 Å².